The number of amides is 1. The molecule has 1 N–H and O–H groups in total. The maximum Gasteiger partial charge on any atom is 0.249 e. The SMILES string of the molecule is Cn1ccc(NC(=O)/C=C/CC2CC2(F)Cl)n1. The molecule has 0 radical (unpaired) electrons. The molecule has 4 nitrogen and oxygen atoms in total. The van der Waals surface area contributed by atoms with Crippen LogP contribution in [-0.4, -0.2) is 20.8 Å². The van der Waals surface area contributed by atoms with E-state index in [0.29, 0.717) is 18.7 Å². The Bertz CT molecular complexity index is 455. The van der Waals surface area contributed by atoms with Crippen LogP contribution >= 0.6 is 11.6 Å². The molecule has 1 aliphatic carbocycles. The largest absolute Gasteiger partial charge is 0.306 e. The van der Waals surface area contributed by atoms with Gasteiger partial charge >= 0.3 is 0 Å². The zero-order valence-electron chi connectivity index (χ0n) is 9.36. The highest BCUT2D eigenvalue weighted by Crippen LogP contribution is 2.52. The molecular weight excluding hydrogens is 245 g/mol. The van der Waals surface area contributed by atoms with E-state index >= 15 is 0 Å². The molecule has 0 bridgehead atoms. The molecule has 1 aliphatic rings. The fourth-order valence-corrected chi connectivity index (χ4v) is 1.79. The van der Waals surface area contributed by atoms with Crippen LogP contribution in [0.15, 0.2) is 24.4 Å². The first-order valence-electron chi connectivity index (χ1n) is 5.32. The van der Waals surface area contributed by atoms with Gasteiger partial charge in [-0.2, -0.15) is 5.10 Å². The molecule has 1 aromatic rings. The molecule has 2 atom stereocenters. The Balaban J connectivity index is 1.76. The van der Waals surface area contributed by atoms with Crippen molar-refractivity contribution in [3.8, 4) is 0 Å². The third-order valence-corrected chi connectivity index (χ3v) is 3.07. The molecule has 1 fully saturated rings. The summed E-state index contributed by atoms with van der Waals surface area (Å²) in [4.78, 5) is 11.4. The van der Waals surface area contributed by atoms with E-state index < -0.39 is 5.13 Å². The van der Waals surface area contributed by atoms with Crippen LogP contribution in [0.4, 0.5) is 10.2 Å². The number of rotatable bonds is 4. The van der Waals surface area contributed by atoms with Gasteiger partial charge in [0.1, 0.15) is 0 Å². The third-order valence-electron chi connectivity index (χ3n) is 2.61. The summed E-state index contributed by atoms with van der Waals surface area (Å²) in [5.41, 5.74) is 0. The fourth-order valence-electron chi connectivity index (χ4n) is 1.51. The second kappa shape index (κ2) is 4.49. The van der Waals surface area contributed by atoms with Gasteiger partial charge in [-0.3, -0.25) is 9.48 Å². The maximum atomic E-state index is 13.0. The van der Waals surface area contributed by atoms with E-state index in [2.05, 4.69) is 10.4 Å². The van der Waals surface area contributed by atoms with Crippen LogP contribution in [0.25, 0.3) is 0 Å². The minimum Gasteiger partial charge on any atom is -0.306 e. The number of halogens is 2. The zero-order chi connectivity index (χ0) is 12.5. The molecule has 2 unspecified atom stereocenters. The third kappa shape index (κ3) is 3.30. The molecule has 2 rings (SSSR count). The monoisotopic (exact) mass is 257 g/mol. The smallest absolute Gasteiger partial charge is 0.249 e. The minimum atomic E-state index is -1.55. The van der Waals surface area contributed by atoms with Gasteiger partial charge in [-0.25, -0.2) is 4.39 Å². The number of nitrogens with zero attached hydrogens (tertiary/aromatic N) is 2. The highest BCUT2D eigenvalue weighted by atomic mass is 35.5. The Morgan fingerprint density at radius 3 is 3.12 bits per heavy atom. The lowest BCUT2D eigenvalue weighted by Gasteiger charge is -1.96. The standard InChI is InChI=1S/C11H13ClFN3O/c1-16-6-5-9(15-16)14-10(17)4-2-3-8-7-11(8,12)13/h2,4-6,8H,3,7H2,1H3,(H,14,15,17)/b4-2+. The van der Waals surface area contributed by atoms with Crippen molar-refractivity contribution < 1.29 is 9.18 Å². The van der Waals surface area contributed by atoms with Gasteiger partial charge in [-0.1, -0.05) is 17.7 Å². The van der Waals surface area contributed by atoms with E-state index in [1.54, 1.807) is 30.1 Å². The Morgan fingerprint density at radius 2 is 2.59 bits per heavy atom. The van der Waals surface area contributed by atoms with E-state index in [4.69, 9.17) is 11.6 Å². The predicted octanol–water partition coefficient (Wildman–Crippen LogP) is 2.23. The average molecular weight is 258 g/mol. The molecule has 0 spiro atoms. The maximum absolute atomic E-state index is 13.0. The second-order valence-electron chi connectivity index (χ2n) is 4.16. The molecule has 1 heterocycles. The van der Waals surface area contributed by atoms with Crippen molar-refractivity contribution in [3.05, 3.63) is 24.4 Å². The number of nitrogens with one attached hydrogen (secondary N) is 1. The number of carbonyl (C=O) groups excluding carboxylic acids is 1. The van der Waals surface area contributed by atoms with Gasteiger partial charge in [0.2, 0.25) is 5.91 Å². The van der Waals surface area contributed by atoms with Gasteiger partial charge < -0.3 is 5.32 Å². The Labute approximate surface area is 103 Å². The summed E-state index contributed by atoms with van der Waals surface area (Å²) in [6, 6.07) is 1.69. The van der Waals surface area contributed by atoms with Crippen molar-refractivity contribution in [2.75, 3.05) is 5.32 Å². The lowest BCUT2D eigenvalue weighted by atomic mass is 10.2. The number of hydrogen-bond acceptors (Lipinski definition) is 2. The summed E-state index contributed by atoms with van der Waals surface area (Å²) < 4.78 is 14.5. The Morgan fingerprint density at radius 1 is 1.88 bits per heavy atom. The van der Waals surface area contributed by atoms with Crippen LogP contribution in [0.5, 0.6) is 0 Å². The van der Waals surface area contributed by atoms with Crippen LogP contribution in [-0.2, 0) is 11.8 Å². The highest BCUT2D eigenvalue weighted by molar-refractivity contribution is 6.25. The van der Waals surface area contributed by atoms with Crippen LogP contribution < -0.4 is 5.32 Å². The number of hydrogen-bond donors (Lipinski definition) is 1. The zero-order valence-corrected chi connectivity index (χ0v) is 10.1. The number of alkyl halides is 2. The van der Waals surface area contributed by atoms with Gasteiger partial charge in [0.15, 0.2) is 10.9 Å². The summed E-state index contributed by atoms with van der Waals surface area (Å²) in [5.74, 6) is 0.0530. The van der Waals surface area contributed by atoms with Crippen LogP contribution in [0.1, 0.15) is 12.8 Å². The lowest BCUT2D eigenvalue weighted by molar-refractivity contribution is -0.111. The Hall–Kier alpha value is -1.36. The van der Waals surface area contributed by atoms with Crippen LogP contribution in [0, 0.1) is 5.92 Å². The van der Waals surface area contributed by atoms with Crippen molar-refractivity contribution in [3.63, 3.8) is 0 Å². The molecule has 1 aromatic heterocycles. The molecule has 0 aliphatic heterocycles. The molecule has 0 aromatic carbocycles. The van der Waals surface area contributed by atoms with Crippen molar-refractivity contribution in [1.29, 1.82) is 0 Å². The van der Waals surface area contributed by atoms with Crippen molar-refractivity contribution in [2.24, 2.45) is 13.0 Å². The first-order chi connectivity index (χ1) is 7.97. The van der Waals surface area contributed by atoms with Crippen LogP contribution in [0.2, 0.25) is 0 Å². The normalized spacial score (nSPS) is 27.4. The van der Waals surface area contributed by atoms with Crippen molar-refractivity contribution in [1.82, 2.24) is 9.78 Å². The molecule has 1 saturated carbocycles. The molecule has 0 saturated heterocycles. The molecule has 6 heteroatoms. The van der Waals surface area contributed by atoms with E-state index in [9.17, 15) is 9.18 Å². The number of carbonyl (C=O) groups is 1. The number of allylic oxidation sites excluding steroid dienone is 1. The highest BCUT2D eigenvalue weighted by Gasteiger charge is 2.52. The van der Waals surface area contributed by atoms with Gasteiger partial charge in [0.05, 0.1) is 0 Å². The van der Waals surface area contributed by atoms with Crippen LogP contribution in [0.3, 0.4) is 0 Å². The quantitative estimate of drug-likeness (QED) is 0.664. The topological polar surface area (TPSA) is 46.9 Å². The summed E-state index contributed by atoms with van der Waals surface area (Å²) in [6.45, 7) is 0. The predicted molar refractivity (Wildman–Crippen MR) is 63.4 cm³/mol. The second-order valence-corrected chi connectivity index (χ2v) is 4.79. The number of anilines is 1. The minimum absolute atomic E-state index is 0.164. The average Bonchev–Trinajstić information content (AvgIpc) is 2.64. The first kappa shape index (κ1) is 12.1. The number of aromatic nitrogens is 2. The van der Waals surface area contributed by atoms with Gasteiger partial charge in [-0.05, 0) is 12.5 Å². The lowest BCUT2D eigenvalue weighted by Crippen LogP contribution is -2.08. The van der Waals surface area contributed by atoms with Crippen molar-refractivity contribution in [2.45, 2.75) is 18.0 Å². The summed E-state index contributed by atoms with van der Waals surface area (Å²) in [7, 11) is 1.76. The fraction of sp³-hybridized carbons (Fsp3) is 0.455. The van der Waals surface area contributed by atoms with E-state index in [0.717, 1.165) is 0 Å². The molecule has 1 amide bonds. The number of aryl methyl sites for hydroxylation is 1. The van der Waals surface area contributed by atoms with Gasteiger partial charge in [-0.15, -0.1) is 0 Å². The molecule has 92 valence electrons. The van der Waals surface area contributed by atoms with Gasteiger partial charge in [0, 0.05) is 31.6 Å². The molecule has 17 heavy (non-hydrogen) atoms. The van der Waals surface area contributed by atoms with Gasteiger partial charge in [0.25, 0.3) is 0 Å². The molecular formula is C11H13ClFN3O. The van der Waals surface area contributed by atoms with E-state index in [1.165, 1.54) is 6.08 Å². The summed E-state index contributed by atoms with van der Waals surface area (Å²) in [6.07, 6.45) is 5.58. The van der Waals surface area contributed by atoms with E-state index in [1.807, 2.05) is 0 Å². The summed E-state index contributed by atoms with van der Waals surface area (Å²) in [5, 5.41) is 5.04. The summed E-state index contributed by atoms with van der Waals surface area (Å²) >= 11 is 5.44. The first-order valence-corrected chi connectivity index (χ1v) is 5.70. The van der Waals surface area contributed by atoms with E-state index in [-0.39, 0.29) is 11.8 Å². The van der Waals surface area contributed by atoms with Crippen molar-refractivity contribution >= 4 is 23.3 Å². The Kier molecular flexibility index (Phi) is 3.19.